The first-order chi connectivity index (χ1) is 25.7. The number of carbonyl (C=O) groups is 1. The molecule has 282 valence electrons. The minimum absolute atomic E-state index is 0.100. The molecule has 0 saturated heterocycles. The zero-order valence-electron chi connectivity index (χ0n) is 28.7. The van der Waals surface area contributed by atoms with Crippen molar-refractivity contribution in [3.63, 3.8) is 0 Å². The van der Waals surface area contributed by atoms with Crippen molar-refractivity contribution in [2.45, 2.75) is 70.3 Å². The molecule has 19 heteroatoms. The first-order valence-corrected chi connectivity index (χ1v) is 18.4. The molecule has 6 aromatic rings. The molecule has 11 nitrogen and oxygen atoms in total. The maximum Gasteiger partial charge on any atom is 0.435 e. The van der Waals surface area contributed by atoms with Gasteiger partial charge in [-0.25, -0.2) is 19.1 Å². The van der Waals surface area contributed by atoms with Crippen LogP contribution in [0.15, 0.2) is 66.2 Å². The number of urea groups is 1. The van der Waals surface area contributed by atoms with E-state index < -0.39 is 29.8 Å². The van der Waals surface area contributed by atoms with Crippen LogP contribution in [0.4, 0.5) is 47.5 Å². The molecule has 2 fully saturated rings. The average molecular weight is 787 g/mol. The molecule has 0 aliphatic heterocycles. The van der Waals surface area contributed by atoms with Gasteiger partial charge in [0.15, 0.2) is 11.4 Å². The third-order valence-corrected chi connectivity index (χ3v) is 10.4. The number of nitrogens with one attached hydrogen (secondary N) is 3. The molecule has 0 bridgehead atoms. The van der Waals surface area contributed by atoms with Crippen LogP contribution in [0.3, 0.4) is 0 Å². The summed E-state index contributed by atoms with van der Waals surface area (Å²) in [5.41, 5.74) is 5.43. The van der Waals surface area contributed by atoms with E-state index >= 15 is 0 Å². The van der Waals surface area contributed by atoms with Gasteiger partial charge in [-0.05, 0) is 100 Å². The maximum absolute atomic E-state index is 13.0. The number of hydrogen-bond acceptors (Lipinski definition) is 9. The Bertz CT molecular complexity index is 2230. The number of aromatic nitrogens is 7. The van der Waals surface area contributed by atoms with Gasteiger partial charge in [-0.15, -0.1) is 16.4 Å². The molecule has 3 N–H and O–H groups in total. The second-order valence-electron chi connectivity index (χ2n) is 12.9. The summed E-state index contributed by atoms with van der Waals surface area (Å²) in [6.45, 7) is 4.36. The SMILES string of the molecule is Cc1ncsc1CNc1ccc(-n2nc(C(F)(F)F)cc2C2CC2)cc1.Cc1nnsc1NC(=O)Nc1ccc(-n2nc(C(F)(F)F)cc2C2CC2)cc1. The van der Waals surface area contributed by atoms with Gasteiger partial charge in [-0.2, -0.15) is 36.5 Å². The fourth-order valence-electron chi connectivity index (χ4n) is 5.52. The normalized spacial score (nSPS) is 14.4. The van der Waals surface area contributed by atoms with Crippen molar-refractivity contribution in [1.82, 2.24) is 34.1 Å². The van der Waals surface area contributed by atoms with E-state index in [1.807, 2.05) is 24.6 Å². The van der Waals surface area contributed by atoms with Crippen LogP contribution in [0.1, 0.15) is 76.6 Å². The second-order valence-corrected chi connectivity index (χ2v) is 14.5. The molecule has 8 rings (SSSR count). The molecular weight excluding hydrogens is 755 g/mol. The van der Waals surface area contributed by atoms with E-state index in [0.717, 1.165) is 59.5 Å². The van der Waals surface area contributed by atoms with E-state index in [1.54, 1.807) is 54.7 Å². The largest absolute Gasteiger partial charge is 0.435 e. The lowest BCUT2D eigenvalue weighted by molar-refractivity contribution is -0.142. The molecule has 0 radical (unpaired) electrons. The van der Waals surface area contributed by atoms with Crippen LogP contribution in [-0.4, -0.2) is 40.2 Å². The van der Waals surface area contributed by atoms with Crippen LogP contribution in [0.2, 0.25) is 0 Å². The minimum Gasteiger partial charge on any atom is -0.380 e. The predicted molar refractivity (Wildman–Crippen MR) is 193 cm³/mol. The van der Waals surface area contributed by atoms with E-state index in [1.165, 1.54) is 15.4 Å². The molecule has 2 aliphatic carbocycles. The van der Waals surface area contributed by atoms with Crippen LogP contribution < -0.4 is 16.0 Å². The molecule has 0 unspecified atom stereocenters. The molecule has 4 heterocycles. The number of benzene rings is 2. The Hall–Kier alpha value is -5.30. The number of thiazole rings is 1. The van der Waals surface area contributed by atoms with E-state index in [-0.39, 0.29) is 11.8 Å². The Labute approximate surface area is 312 Å². The number of rotatable bonds is 9. The molecule has 54 heavy (non-hydrogen) atoms. The monoisotopic (exact) mass is 786 g/mol. The van der Waals surface area contributed by atoms with Crippen molar-refractivity contribution in [2.75, 3.05) is 16.0 Å². The summed E-state index contributed by atoms with van der Waals surface area (Å²) in [7, 11) is 0. The molecule has 0 spiro atoms. The zero-order chi connectivity index (χ0) is 38.2. The number of amides is 2. The van der Waals surface area contributed by atoms with E-state index in [2.05, 4.69) is 40.7 Å². The molecule has 2 aromatic carbocycles. The first kappa shape index (κ1) is 37.0. The van der Waals surface area contributed by atoms with Crippen molar-refractivity contribution >= 4 is 45.3 Å². The van der Waals surface area contributed by atoms with Gasteiger partial charge in [-0.1, -0.05) is 4.49 Å². The smallest absolute Gasteiger partial charge is 0.380 e. The summed E-state index contributed by atoms with van der Waals surface area (Å²) in [6, 6.07) is 15.6. The highest BCUT2D eigenvalue weighted by Crippen LogP contribution is 2.44. The van der Waals surface area contributed by atoms with Gasteiger partial charge in [0.05, 0.1) is 34.8 Å². The Morgan fingerprint density at radius 3 is 1.70 bits per heavy atom. The van der Waals surface area contributed by atoms with Crippen LogP contribution >= 0.6 is 22.9 Å². The first-order valence-electron chi connectivity index (χ1n) is 16.8. The summed E-state index contributed by atoms with van der Waals surface area (Å²) in [5, 5.41) is 20.5. The van der Waals surface area contributed by atoms with Gasteiger partial charge in [0.2, 0.25) is 0 Å². The van der Waals surface area contributed by atoms with E-state index in [0.29, 0.717) is 45.7 Å². The fraction of sp³-hybridized carbons (Fsp3) is 0.314. The Morgan fingerprint density at radius 1 is 0.759 bits per heavy atom. The van der Waals surface area contributed by atoms with E-state index in [9.17, 15) is 31.1 Å². The standard InChI is InChI=1S/C18H17F3N4S.C17H15F3N6OS/c1-11-16(26-10-23-11)9-22-13-4-6-14(7-5-13)25-15(12-2-3-12)8-17(24-25)18(19,20)21;1-9-15(28-25-23-9)22-16(27)21-11-4-6-12(7-5-11)26-13(10-2-3-10)8-14(24-26)17(18,19)20/h4-8,10,12,22H,2-3,9H2,1H3;4-8,10H,2-3H2,1H3,(H2,21,22,27). The molecule has 4 aromatic heterocycles. The van der Waals surface area contributed by atoms with Gasteiger partial charge in [0.1, 0.15) is 5.00 Å². The summed E-state index contributed by atoms with van der Waals surface area (Å²) in [6.07, 6.45) is -5.38. The third kappa shape index (κ3) is 8.73. The van der Waals surface area contributed by atoms with Crippen LogP contribution in [-0.2, 0) is 18.9 Å². The summed E-state index contributed by atoms with van der Waals surface area (Å²) in [5.74, 6) is 0.272. The Morgan fingerprint density at radius 2 is 1.28 bits per heavy atom. The maximum atomic E-state index is 13.0. The highest BCUT2D eigenvalue weighted by molar-refractivity contribution is 7.10. The third-order valence-electron chi connectivity index (χ3n) is 8.70. The van der Waals surface area contributed by atoms with Crippen LogP contribution in [0.25, 0.3) is 11.4 Å². The zero-order valence-corrected chi connectivity index (χ0v) is 30.3. The van der Waals surface area contributed by atoms with Crippen molar-refractivity contribution < 1.29 is 31.1 Å². The van der Waals surface area contributed by atoms with Gasteiger partial charge < -0.3 is 10.6 Å². The Balaban J connectivity index is 0.000000167. The topological polar surface area (TPSA) is 127 Å². The van der Waals surface area contributed by atoms with Crippen molar-refractivity contribution in [2.24, 2.45) is 0 Å². The van der Waals surface area contributed by atoms with Gasteiger partial charge in [0.25, 0.3) is 0 Å². The van der Waals surface area contributed by atoms with Gasteiger partial charge in [0, 0.05) is 51.0 Å². The lowest BCUT2D eigenvalue weighted by Crippen LogP contribution is -2.19. The minimum atomic E-state index is -4.49. The van der Waals surface area contributed by atoms with E-state index in [4.69, 9.17) is 0 Å². The van der Waals surface area contributed by atoms with Gasteiger partial charge >= 0.3 is 18.4 Å². The molecule has 0 atom stereocenters. The van der Waals surface area contributed by atoms with Gasteiger partial charge in [-0.3, -0.25) is 5.32 Å². The molecule has 2 saturated carbocycles. The number of halogens is 6. The number of alkyl halides is 6. The number of hydrogen-bond donors (Lipinski definition) is 3. The predicted octanol–water partition coefficient (Wildman–Crippen LogP) is 9.72. The summed E-state index contributed by atoms with van der Waals surface area (Å²) < 4.78 is 84.7. The molecular formula is C35H32F6N10OS2. The number of anilines is 3. The highest BCUT2D eigenvalue weighted by atomic mass is 32.1. The fourth-order valence-corrected chi connectivity index (χ4v) is 6.79. The lowest BCUT2D eigenvalue weighted by Gasteiger charge is -2.09. The number of nitrogens with zero attached hydrogens (tertiary/aromatic N) is 7. The highest BCUT2D eigenvalue weighted by Gasteiger charge is 2.39. The van der Waals surface area contributed by atoms with Crippen molar-refractivity contribution in [1.29, 1.82) is 0 Å². The molecule has 2 aliphatic rings. The van der Waals surface area contributed by atoms with Crippen LogP contribution in [0.5, 0.6) is 0 Å². The number of aryl methyl sites for hydroxylation is 2. The van der Waals surface area contributed by atoms with Crippen LogP contribution in [0, 0.1) is 13.8 Å². The summed E-state index contributed by atoms with van der Waals surface area (Å²) in [4.78, 5) is 17.4. The quantitative estimate of drug-likeness (QED) is 0.125. The summed E-state index contributed by atoms with van der Waals surface area (Å²) >= 11 is 2.66. The average Bonchev–Trinajstić information content (AvgIpc) is 3.96. The Kier molecular flexibility index (Phi) is 10.2. The van der Waals surface area contributed by atoms with Crippen molar-refractivity contribution in [3.8, 4) is 11.4 Å². The lowest BCUT2D eigenvalue weighted by atomic mass is 10.2. The number of carbonyl (C=O) groups excluding carboxylic acids is 1. The second kappa shape index (κ2) is 14.8. The molecule has 2 amide bonds. The van der Waals surface area contributed by atoms with Crippen molar-refractivity contribution in [3.05, 3.63) is 105 Å².